The Morgan fingerprint density at radius 3 is 2.23 bits per heavy atom. The smallest absolute Gasteiger partial charge is 0.295 e. The Morgan fingerprint density at radius 2 is 1.53 bits per heavy atom. The van der Waals surface area contributed by atoms with Gasteiger partial charge in [0.2, 0.25) is 0 Å². The maximum atomic E-state index is 13.5. The number of Topliss-reactive ketones (excluding diaryl/α,β-unsaturated/α-hetero) is 1. The monoisotopic (exact) mass is 584 g/mol. The van der Waals surface area contributed by atoms with Gasteiger partial charge in [0.05, 0.1) is 31.4 Å². The Bertz CT molecular complexity index is 1380. The molecular formula is C35H40N2O6. The van der Waals surface area contributed by atoms with Gasteiger partial charge in [-0.2, -0.15) is 0 Å². The number of aliphatic hydroxyl groups is 1. The highest BCUT2D eigenvalue weighted by Crippen LogP contribution is 2.40. The molecule has 2 fully saturated rings. The van der Waals surface area contributed by atoms with Crippen LogP contribution in [-0.2, 0) is 20.9 Å². The summed E-state index contributed by atoms with van der Waals surface area (Å²) in [5.41, 5.74) is 2.32. The first-order chi connectivity index (χ1) is 21.0. The second-order valence-corrected chi connectivity index (χ2v) is 10.9. The van der Waals surface area contributed by atoms with E-state index < -0.39 is 17.7 Å². The van der Waals surface area contributed by atoms with Gasteiger partial charge in [0, 0.05) is 31.7 Å². The van der Waals surface area contributed by atoms with E-state index in [1.165, 1.54) is 0 Å². The van der Waals surface area contributed by atoms with E-state index in [4.69, 9.17) is 14.2 Å². The van der Waals surface area contributed by atoms with Crippen LogP contribution in [0.5, 0.6) is 11.5 Å². The summed E-state index contributed by atoms with van der Waals surface area (Å²) in [7, 11) is 0. The first-order valence-corrected chi connectivity index (χ1v) is 15.1. The van der Waals surface area contributed by atoms with E-state index in [1.807, 2.05) is 54.6 Å². The molecule has 0 aliphatic carbocycles. The number of hydrogen-bond donors (Lipinski definition) is 1. The highest BCUT2D eigenvalue weighted by Gasteiger charge is 2.46. The number of likely N-dealkylation sites (tertiary alicyclic amines) is 1. The van der Waals surface area contributed by atoms with E-state index in [-0.39, 0.29) is 11.3 Å². The SMILES string of the molecule is CCCCCOc1ccc(C2/C(=C(\O)c3ccc(OCc4ccccc4)cc3)C(=O)C(=O)N2CCN2CCOCC2)cc1. The summed E-state index contributed by atoms with van der Waals surface area (Å²) < 4.78 is 17.2. The minimum absolute atomic E-state index is 0.0848. The van der Waals surface area contributed by atoms with Gasteiger partial charge in [-0.05, 0) is 53.9 Å². The van der Waals surface area contributed by atoms with Crippen LogP contribution < -0.4 is 9.47 Å². The summed E-state index contributed by atoms with van der Waals surface area (Å²) in [4.78, 5) is 30.7. The first kappa shape index (κ1) is 30.3. The van der Waals surface area contributed by atoms with Crippen molar-refractivity contribution in [2.24, 2.45) is 0 Å². The third-order valence-electron chi connectivity index (χ3n) is 7.89. The van der Waals surface area contributed by atoms with Crippen molar-refractivity contribution in [3.05, 3.63) is 101 Å². The molecule has 3 aromatic rings. The standard InChI is InChI=1S/C35H40N2O6/c1-2-3-7-22-42-29-14-10-27(11-15-29)32-31(34(39)35(40)37(32)19-18-36-20-23-41-24-21-36)33(38)28-12-16-30(17-13-28)43-25-26-8-5-4-6-9-26/h4-6,8-17,32,38H,2-3,7,18-25H2,1H3/b33-31+. The molecule has 3 aromatic carbocycles. The quantitative estimate of drug-likeness (QED) is 0.121. The number of carbonyl (C=O) groups is 2. The van der Waals surface area contributed by atoms with Crippen LogP contribution in [0.3, 0.4) is 0 Å². The van der Waals surface area contributed by atoms with E-state index in [2.05, 4.69) is 11.8 Å². The number of rotatable bonds is 13. The van der Waals surface area contributed by atoms with Gasteiger partial charge >= 0.3 is 0 Å². The lowest BCUT2D eigenvalue weighted by molar-refractivity contribution is -0.140. The third-order valence-corrected chi connectivity index (χ3v) is 7.89. The van der Waals surface area contributed by atoms with Gasteiger partial charge < -0.3 is 24.2 Å². The van der Waals surface area contributed by atoms with Crippen LogP contribution in [0.1, 0.15) is 48.9 Å². The molecule has 0 saturated carbocycles. The Balaban J connectivity index is 1.39. The van der Waals surface area contributed by atoms with E-state index in [9.17, 15) is 14.7 Å². The molecule has 43 heavy (non-hydrogen) atoms. The van der Waals surface area contributed by atoms with Crippen LogP contribution >= 0.6 is 0 Å². The zero-order chi connectivity index (χ0) is 30.0. The highest BCUT2D eigenvalue weighted by atomic mass is 16.5. The van der Waals surface area contributed by atoms with Gasteiger partial charge in [-0.1, -0.05) is 62.2 Å². The molecule has 0 spiro atoms. The van der Waals surface area contributed by atoms with Gasteiger partial charge in [0.1, 0.15) is 23.9 Å². The van der Waals surface area contributed by atoms with E-state index in [0.717, 1.165) is 49.2 Å². The number of ether oxygens (including phenoxy) is 3. The van der Waals surface area contributed by atoms with Crippen LogP contribution in [0.25, 0.3) is 5.76 Å². The van der Waals surface area contributed by atoms with Crippen LogP contribution in [0.4, 0.5) is 0 Å². The lowest BCUT2D eigenvalue weighted by Crippen LogP contribution is -2.42. The van der Waals surface area contributed by atoms with Gasteiger partial charge in [-0.15, -0.1) is 0 Å². The third kappa shape index (κ3) is 7.63. The summed E-state index contributed by atoms with van der Waals surface area (Å²) in [5.74, 6) is -0.128. The Labute approximate surface area is 253 Å². The fraction of sp³-hybridized carbons (Fsp3) is 0.371. The molecule has 2 saturated heterocycles. The van der Waals surface area contributed by atoms with Crippen molar-refractivity contribution in [2.75, 3.05) is 46.0 Å². The number of hydrogen-bond acceptors (Lipinski definition) is 7. The average molecular weight is 585 g/mol. The molecule has 1 N–H and O–H groups in total. The lowest BCUT2D eigenvalue weighted by atomic mass is 9.95. The molecule has 2 aliphatic rings. The molecule has 1 atom stereocenters. The highest BCUT2D eigenvalue weighted by molar-refractivity contribution is 6.46. The number of benzene rings is 3. The molecule has 0 aromatic heterocycles. The molecule has 2 aliphatic heterocycles. The zero-order valence-electron chi connectivity index (χ0n) is 24.7. The molecule has 226 valence electrons. The van der Waals surface area contributed by atoms with E-state index in [1.54, 1.807) is 29.2 Å². The zero-order valence-corrected chi connectivity index (χ0v) is 24.7. The van der Waals surface area contributed by atoms with Gasteiger partial charge in [0.25, 0.3) is 11.7 Å². The Hall–Kier alpha value is -4.14. The minimum atomic E-state index is -0.718. The minimum Gasteiger partial charge on any atom is -0.507 e. The van der Waals surface area contributed by atoms with E-state index >= 15 is 0 Å². The van der Waals surface area contributed by atoms with Crippen molar-refractivity contribution in [1.29, 1.82) is 0 Å². The van der Waals surface area contributed by atoms with Crippen molar-refractivity contribution in [3.63, 3.8) is 0 Å². The van der Waals surface area contributed by atoms with Crippen molar-refractivity contribution in [2.45, 2.75) is 38.8 Å². The molecule has 5 rings (SSSR count). The van der Waals surface area contributed by atoms with Gasteiger partial charge in [-0.3, -0.25) is 14.5 Å². The lowest BCUT2D eigenvalue weighted by Gasteiger charge is -2.31. The summed E-state index contributed by atoms with van der Waals surface area (Å²) in [6, 6.07) is 23.5. The van der Waals surface area contributed by atoms with Crippen LogP contribution in [-0.4, -0.2) is 72.6 Å². The molecule has 8 nitrogen and oxygen atoms in total. The van der Waals surface area contributed by atoms with Gasteiger partial charge in [-0.25, -0.2) is 0 Å². The summed E-state index contributed by atoms with van der Waals surface area (Å²) in [6.07, 6.45) is 3.21. The first-order valence-electron chi connectivity index (χ1n) is 15.1. The van der Waals surface area contributed by atoms with Crippen molar-refractivity contribution < 1.29 is 28.9 Å². The molecule has 2 heterocycles. The number of carbonyl (C=O) groups excluding carboxylic acids is 2. The average Bonchev–Trinajstić information content (AvgIpc) is 3.31. The Kier molecular flexibility index (Phi) is 10.5. The fourth-order valence-electron chi connectivity index (χ4n) is 5.42. The number of unbranched alkanes of at least 4 members (excludes halogenated alkanes) is 2. The molecular weight excluding hydrogens is 544 g/mol. The van der Waals surface area contributed by atoms with Crippen LogP contribution in [0.15, 0.2) is 84.4 Å². The fourth-order valence-corrected chi connectivity index (χ4v) is 5.42. The largest absolute Gasteiger partial charge is 0.507 e. The van der Waals surface area contributed by atoms with Crippen LogP contribution in [0.2, 0.25) is 0 Å². The molecule has 8 heteroatoms. The normalized spacial score (nSPS) is 18.6. The topological polar surface area (TPSA) is 88.5 Å². The summed E-state index contributed by atoms with van der Waals surface area (Å²) in [5, 5.41) is 11.5. The number of morpholine rings is 1. The predicted molar refractivity (Wildman–Crippen MR) is 165 cm³/mol. The molecule has 0 bridgehead atoms. The maximum Gasteiger partial charge on any atom is 0.295 e. The van der Waals surface area contributed by atoms with E-state index in [0.29, 0.717) is 50.8 Å². The van der Waals surface area contributed by atoms with Gasteiger partial charge in [0.15, 0.2) is 0 Å². The van der Waals surface area contributed by atoms with Crippen molar-refractivity contribution in [3.8, 4) is 11.5 Å². The van der Waals surface area contributed by atoms with Crippen molar-refractivity contribution in [1.82, 2.24) is 9.80 Å². The van der Waals surface area contributed by atoms with Crippen molar-refractivity contribution >= 4 is 17.4 Å². The Morgan fingerprint density at radius 1 is 0.860 bits per heavy atom. The molecule has 1 amide bonds. The second kappa shape index (κ2) is 14.8. The number of amides is 1. The second-order valence-electron chi connectivity index (χ2n) is 10.9. The summed E-state index contributed by atoms with van der Waals surface area (Å²) >= 11 is 0. The summed E-state index contributed by atoms with van der Waals surface area (Å²) in [6.45, 7) is 7.01. The maximum absolute atomic E-state index is 13.5. The molecule has 0 radical (unpaired) electrons. The number of nitrogens with zero attached hydrogens (tertiary/aromatic N) is 2. The number of aliphatic hydroxyl groups excluding tert-OH is 1. The molecule has 1 unspecified atom stereocenters. The predicted octanol–water partition coefficient (Wildman–Crippen LogP) is 5.59. The van der Waals surface area contributed by atoms with Crippen LogP contribution in [0, 0.1) is 0 Å². The number of ketones is 1.